The van der Waals surface area contributed by atoms with E-state index in [4.69, 9.17) is 5.11 Å². The molecule has 2 rings (SSSR count). The molecule has 1 aliphatic rings. The van der Waals surface area contributed by atoms with Crippen molar-refractivity contribution in [3.8, 4) is 0 Å². The van der Waals surface area contributed by atoms with Crippen LogP contribution in [0.25, 0.3) is 0 Å². The number of aromatic carboxylic acids is 1. The number of hydrogen-bond acceptors (Lipinski definition) is 5. The first-order valence-electron chi connectivity index (χ1n) is 7.23. The molecule has 1 saturated heterocycles. The Kier molecular flexibility index (Phi) is 5.54. The van der Waals surface area contributed by atoms with Gasteiger partial charge in [-0.15, -0.1) is 0 Å². The van der Waals surface area contributed by atoms with Crippen molar-refractivity contribution in [1.82, 2.24) is 9.88 Å². The average Bonchev–Trinajstić information content (AvgIpc) is 2.75. The highest BCUT2D eigenvalue weighted by Crippen LogP contribution is 2.32. The number of amides is 2. The number of hydrogen-bond donors (Lipinski definition) is 1. The molecule has 22 heavy (non-hydrogen) atoms. The minimum atomic E-state index is -1.09. The molecular formula is C15H18N2O4S. The Morgan fingerprint density at radius 2 is 2.23 bits per heavy atom. The van der Waals surface area contributed by atoms with Crippen molar-refractivity contribution in [3.63, 3.8) is 0 Å². The van der Waals surface area contributed by atoms with E-state index in [2.05, 4.69) is 11.9 Å². The Bertz CT molecular complexity index is 591. The van der Waals surface area contributed by atoms with Crippen molar-refractivity contribution in [2.45, 2.75) is 42.9 Å². The van der Waals surface area contributed by atoms with E-state index in [1.54, 1.807) is 0 Å². The number of rotatable bonds is 7. The first-order chi connectivity index (χ1) is 10.5. The molecule has 2 amide bonds. The van der Waals surface area contributed by atoms with Gasteiger partial charge in [-0.05, 0) is 18.6 Å². The lowest BCUT2D eigenvalue weighted by molar-refractivity contribution is -0.138. The van der Waals surface area contributed by atoms with Gasteiger partial charge in [-0.3, -0.25) is 14.5 Å². The lowest BCUT2D eigenvalue weighted by Gasteiger charge is -2.14. The zero-order valence-electron chi connectivity index (χ0n) is 12.3. The zero-order valence-corrected chi connectivity index (χ0v) is 13.1. The largest absolute Gasteiger partial charge is 0.478 e. The van der Waals surface area contributed by atoms with Gasteiger partial charge < -0.3 is 5.11 Å². The lowest BCUT2D eigenvalue weighted by Crippen LogP contribution is -2.32. The molecule has 1 aromatic heterocycles. The molecule has 0 spiro atoms. The van der Waals surface area contributed by atoms with Crippen LogP contribution >= 0.6 is 11.8 Å². The van der Waals surface area contributed by atoms with E-state index in [0.29, 0.717) is 6.54 Å². The van der Waals surface area contributed by atoms with Crippen LogP contribution in [0, 0.1) is 0 Å². The third kappa shape index (κ3) is 3.65. The number of nitrogens with zero attached hydrogens (tertiary/aromatic N) is 2. The highest BCUT2D eigenvalue weighted by atomic mass is 32.2. The number of carboxylic acid groups (broad SMARTS) is 1. The number of carbonyl (C=O) groups is 3. The molecule has 0 saturated carbocycles. The van der Waals surface area contributed by atoms with Crippen molar-refractivity contribution >= 4 is 29.5 Å². The molecule has 0 radical (unpaired) electrons. The van der Waals surface area contributed by atoms with Gasteiger partial charge in [0.2, 0.25) is 11.8 Å². The zero-order chi connectivity index (χ0) is 16.1. The molecule has 7 heteroatoms. The minimum absolute atomic E-state index is 0.0529. The first-order valence-corrected chi connectivity index (χ1v) is 8.11. The summed E-state index contributed by atoms with van der Waals surface area (Å²) in [7, 11) is 0. The molecule has 0 aliphatic carbocycles. The Morgan fingerprint density at radius 1 is 1.45 bits per heavy atom. The van der Waals surface area contributed by atoms with Crippen LogP contribution < -0.4 is 0 Å². The summed E-state index contributed by atoms with van der Waals surface area (Å²) in [6.07, 6.45) is 4.37. The highest BCUT2D eigenvalue weighted by Gasteiger charge is 2.39. The number of unbranched alkanes of at least 4 members (excludes halogenated alkanes) is 2. The van der Waals surface area contributed by atoms with Gasteiger partial charge in [0.05, 0.1) is 10.8 Å². The fraction of sp³-hybridized carbons (Fsp3) is 0.467. The second-order valence-corrected chi connectivity index (χ2v) is 6.25. The first kappa shape index (κ1) is 16.5. The summed E-state index contributed by atoms with van der Waals surface area (Å²) in [5.41, 5.74) is 0.0529. The standard InChI is InChI=1S/C15H18N2O4S/c1-2-3-4-8-17-12(18)9-11(14(17)19)22-13-10(15(20)21)6-5-7-16-13/h5-7,11H,2-4,8-9H2,1H3,(H,20,21). The summed E-state index contributed by atoms with van der Waals surface area (Å²) < 4.78 is 0. The van der Waals surface area contributed by atoms with Crippen molar-refractivity contribution < 1.29 is 19.5 Å². The van der Waals surface area contributed by atoms with E-state index >= 15 is 0 Å². The van der Waals surface area contributed by atoms with Crippen molar-refractivity contribution in [2.75, 3.05) is 6.54 Å². The molecule has 0 bridgehead atoms. The van der Waals surface area contributed by atoms with Crippen molar-refractivity contribution in [3.05, 3.63) is 23.9 Å². The second-order valence-electron chi connectivity index (χ2n) is 5.06. The number of likely N-dealkylation sites (tertiary alicyclic amines) is 1. The van der Waals surface area contributed by atoms with Gasteiger partial charge in [-0.1, -0.05) is 31.5 Å². The smallest absolute Gasteiger partial charge is 0.338 e. The Labute approximate surface area is 132 Å². The quantitative estimate of drug-likeness (QED) is 0.611. The van der Waals surface area contributed by atoms with Gasteiger partial charge >= 0.3 is 5.97 Å². The maximum atomic E-state index is 12.3. The maximum absolute atomic E-state index is 12.3. The van der Waals surface area contributed by atoms with Crippen LogP contribution in [0.1, 0.15) is 43.0 Å². The Morgan fingerprint density at radius 3 is 2.91 bits per heavy atom. The van der Waals surface area contributed by atoms with Crippen molar-refractivity contribution in [2.24, 2.45) is 0 Å². The van der Waals surface area contributed by atoms with Crippen LogP contribution in [-0.4, -0.2) is 44.6 Å². The van der Waals surface area contributed by atoms with E-state index in [0.717, 1.165) is 31.0 Å². The lowest BCUT2D eigenvalue weighted by atomic mass is 10.2. The van der Waals surface area contributed by atoms with E-state index in [1.165, 1.54) is 23.2 Å². The summed E-state index contributed by atoms with van der Waals surface area (Å²) in [5, 5.41) is 8.83. The number of pyridine rings is 1. The summed E-state index contributed by atoms with van der Waals surface area (Å²) in [5.74, 6) is -1.52. The molecule has 1 aliphatic heterocycles. The van der Waals surface area contributed by atoms with Gasteiger partial charge in [-0.25, -0.2) is 9.78 Å². The van der Waals surface area contributed by atoms with Crippen LogP contribution in [-0.2, 0) is 9.59 Å². The van der Waals surface area contributed by atoms with Crippen LogP contribution in [0.4, 0.5) is 0 Å². The minimum Gasteiger partial charge on any atom is -0.478 e. The Hall–Kier alpha value is -1.89. The molecule has 2 heterocycles. The van der Waals surface area contributed by atoms with Gasteiger partial charge in [0.25, 0.3) is 0 Å². The molecule has 1 N–H and O–H groups in total. The molecule has 0 aromatic carbocycles. The monoisotopic (exact) mass is 322 g/mol. The molecule has 118 valence electrons. The summed E-state index contributed by atoms with van der Waals surface area (Å²) in [6, 6.07) is 2.98. The molecule has 6 nitrogen and oxygen atoms in total. The molecule has 1 aromatic rings. The molecule has 1 fully saturated rings. The van der Waals surface area contributed by atoms with Gasteiger partial charge in [-0.2, -0.15) is 0 Å². The third-order valence-electron chi connectivity index (χ3n) is 3.44. The van der Waals surface area contributed by atoms with Crippen LogP contribution in [0.15, 0.2) is 23.4 Å². The fourth-order valence-electron chi connectivity index (χ4n) is 2.28. The number of carbonyl (C=O) groups excluding carboxylic acids is 2. The number of imide groups is 1. The van der Waals surface area contributed by atoms with Gasteiger partial charge in [0.15, 0.2) is 0 Å². The molecule has 1 atom stereocenters. The summed E-state index contributed by atoms with van der Waals surface area (Å²) in [4.78, 5) is 40.7. The topological polar surface area (TPSA) is 87.6 Å². The average molecular weight is 322 g/mol. The SMILES string of the molecule is CCCCCN1C(=O)CC(Sc2ncccc2C(=O)O)C1=O. The number of carboxylic acids is 1. The summed E-state index contributed by atoms with van der Waals surface area (Å²) >= 11 is 1.06. The molecular weight excluding hydrogens is 304 g/mol. The number of aromatic nitrogens is 1. The summed E-state index contributed by atoms with van der Waals surface area (Å²) in [6.45, 7) is 2.50. The highest BCUT2D eigenvalue weighted by molar-refractivity contribution is 8.00. The van der Waals surface area contributed by atoms with Gasteiger partial charge in [0, 0.05) is 19.2 Å². The van der Waals surface area contributed by atoms with Gasteiger partial charge in [0.1, 0.15) is 5.03 Å². The third-order valence-corrected chi connectivity index (χ3v) is 4.64. The predicted octanol–water partition coefficient (Wildman–Crippen LogP) is 2.19. The molecule has 1 unspecified atom stereocenters. The van der Waals surface area contributed by atoms with E-state index in [1.807, 2.05) is 0 Å². The van der Waals surface area contributed by atoms with E-state index < -0.39 is 11.2 Å². The second kappa shape index (κ2) is 7.40. The van der Waals surface area contributed by atoms with Crippen molar-refractivity contribution in [1.29, 1.82) is 0 Å². The maximum Gasteiger partial charge on any atom is 0.338 e. The van der Waals surface area contributed by atoms with E-state index in [9.17, 15) is 14.4 Å². The normalized spacial score (nSPS) is 18.0. The van der Waals surface area contributed by atoms with Crippen LogP contribution in [0.3, 0.4) is 0 Å². The number of thioether (sulfide) groups is 1. The predicted molar refractivity (Wildman–Crippen MR) is 81.7 cm³/mol. The fourth-order valence-corrected chi connectivity index (χ4v) is 3.41. The Balaban J connectivity index is 2.07. The van der Waals surface area contributed by atoms with E-state index in [-0.39, 0.29) is 28.8 Å². The van der Waals surface area contributed by atoms with Crippen LogP contribution in [0.5, 0.6) is 0 Å². The van der Waals surface area contributed by atoms with Crippen LogP contribution in [0.2, 0.25) is 0 Å².